The van der Waals surface area contributed by atoms with Crippen molar-refractivity contribution >= 4 is 39.4 Å². The maximum absolute atomic E-state index is 12.1. The predicted molar refractivity (Wildman–Crippen MR) is 91.0 cm³/mol. The van der Waals surface area contributed by atoms with Crippen molar-refractivity contribution in [3.05, 3.63) is 75.6 Å². The van der Waals surface area contributed by atoms with Crippen LogP contribution >= 0.6 is 11.6 Å². The van der Waals surface area contributed by atoms with Crippen molar-refractivity contribution in [2.45, 2.75) is 6.54 Å². The van der Waals surface area contributed by atoms with E-state index in [9.17, 15) is 4.79 Å². The Labute approximate surface area is 136 Å². The monoisotopic (exact) mass is 325 g/mol. The number of rotatable bonds is 3. The summed E-state index contributed by atoms with van der Waals surface area (Å²) < 4.78 is 11.1. The van der Waals surface area contributed by atoms with Crippen molar-refractivity contribution in [2.75, 3.05) is 5.32 Å². The molecule has 0 bridgehead atoms. The molecule has 114 valence electrons. The fourth-order valence-corrected chi connectivity index (χ4v) is 2.71. The summed E-state index contributed by atoms with van der Waals surface area (Å²) in [6, 6.07) is 16.7. The minimum Gasteiger partial charge on any atom is -0.440 e. The van der Waals surface area contributed by atoms with Crippen molar-refractivity contribution in [2.24, 2.45) is 0 Å². The van der Waals surface area contributed by atoms with Gasteiger partial charge in [-0.25, -0.2) is 4.79 Å². The van der Waals surface area contributed by atoms with E-state index < -0.39 is 5.63 Å². The molecule has 23 heavy (non-hydrogen) atoms. The van der Waals surface area contributed by atoms with E-state index in [1.807, 2.05) is 30.3 Å². The lowest BCUT2D eigenvalue weighted by atomic mass is 10.2. The Hall–Kier alpha value is -2.72. The largest absolute Gasteiger partial charge is 0.440 e. The number of hydrogen-bond donors (Lipinski definition) is 1. The predicted octanol–water partition coefficient (Wildman–Crippen LogP) is 4.80. The number of anilines is 1. The number of halogens is 1. The van der Waals surface area contributed by atoms with Gasteiger partial charge in [-0.1, -0.05) is 41.9 Å². The third kappa shape index (κ3) is 2.58. The molecule has 2 aromatic carbocycles. The summed E-state index contributed by atoms with van der Waals surface area (Å²) in [6.07, 6.45) is 0. The van der Waals surface area contributed by atoms with Crippen LogP contribution in [-0.4, -0.2) is 0 Å². The Balaban J connectivity index is 1.78. The summed E-state index contributed by atoms with van der Waals surface area (Å²) in [5, 5.41) is 4.81. The zero-order valence-corrected chi connectivity index (χ0v) is 12.8. The molecule has 0 saturated heterocycles. The molecule has 4 aromatic rings. The molecule has 1 N–H and O–H groups in total. The molecule has 0 aliphatic heterocycles. The van der Waals surface area contributed by atoms with Gasteiger partial charge >= 0.3 is 5.63 Å². The van der Waals surface area contributed by atoms with Gasteiger partial charge in [0.25, 0.3) is 0 Å². The number of nitrogens with one attached hydrogen (secondary N) is 1. The molecule has 4 rings (SSSR count). The molecule has 0 radical (unpaired) electrons. The smallest absolute Gasteiger partial charge is 0.347 e. The SMILES string of the molecule is O=c1oc2ccc(Cl)cc2c2oc(NCc3ccccc3)cc12. The van der Waals surface area contributed by atoms with Gasteiger partial charge in [0, 0.05) is 17.6 Å². The quantitative estimate of drug-likeness (QED) is 0.549. The minimum absolute atomic E-state index is 0.398. The highest BCUT2D eigenvalue weighted by molar-refractivity contribution is 6.31. The average Bonchev–Trinajstić information content (AvgIpc) is 3.00. The van der Waals surface area contributed by atoms with Crippen LogP contribution in [0.2, 0.25) is 5.02 Å². The molecule has 5 heteroatoms. The second-order valence-corrected chi connectivity index (χ2v) is 5.66. The molecule has 0 unspecified atom stereocenters. The van der Waals surface area contributed by atoms with Crippen LogP contribution in [0.3, 0.4) is 0 Å². The van der Waals surface area contributed by atoms with Crippen molar-refractivity contribution in [3.63, 3.8) is 0 Å². The summed E-state index contributed by atoms with van der Waals surface area (Å²) in [5.74, 6) is 0.517. The summed E-state index contributed by atoms with van der Waals surface area (Å²) in [5.41, 5.74) is 1.63. The lowest BCUT2D eigenvalue weighted by molar-refractivity contribution is 0.565. The van der Waals surface area contributed by atoms with Crippen LogP contribution < -0.4 is 10.9 Å². The number of furan rings is 1. The fraction of sp³-hybridized carbons (Fsp3) is 0.0556. The first-order chi connectivity index (χ1) is 11.2. The van der Waals surface area contributed by atoms with E-state index in [4.69, 9.17) is 20.4 Å². The van der Waals surface area contributed by atoms with E-state index in [0.717, 1.165) is 5.56 Å². The van der Waals surface area contributed by atoms with Crippen molar-refractivity contribution in [1.82, 2.24) is 0 Å². The Morgan fingerprint density at radius 1 is 0.957 bits per heavy atom. The van der Waals surface area contributed by atoms with Gasteiger partial charge in [0.2, 0.25) is 0 Å². The maximum Gasteiger partial charge on any atom is 0.347 e. The van der Waals surface area contributed by atoms with Gasteiger partial charge in [-0.05, 0) is 23.8 Å². The van der Waals surface area contributed by atoms with Crippen LogP contribution in [0.15, 0.2) is 68.2 Å². The summed E-state index contributed by atoms with van der Waals surface area (Å²) >= 11 is 6.03. The molecule has 4 nitrogen and oxygen atoms in total. The van der Waals surface area contributed by atoms with Crippen LogP contribution in [0.5, 0.6) is 0 Å². The van der Waals surface area contributed by atoms with E-state index in [1.54, 1.807) is 24.3 Å². The van der Waals surface area contributed by atoms with E-state index >= 15 is 0 Å². The van der Waals surface area contributed by atoms with Crippen LogP contribution in [0, 0.1) is 0 Å². The first-order valence-corrected chi connectivity index (χ1v) is 7.52. The van der Waals surface area contributed by atoms with Crippen LogP contribution in [0.4, 0.5) is 5.88 Å². The first-order valence-electron chi connectivity index (χ1n) is 7.14. The Morgan fingerprint density at radius 2 is 1.78 bits per heavy atom. The Morgan fingerprint density at radius 3 is 2.61 bits per heavy atom. The van der Waals surface area contributed by atoms with Gasteiger partial charge < -0.3 is 14.2 Å². The van der Waals surface area contributed by atoms with Crippen LogP contribution in [-0.2, 0) is 6.54 Å². The molecule has 2 heterocycles. The third-order valence-electron chi connectivity index (χ3n) is 3.65. The third-order valence-corrected chi connectivity index (χ3v) is 3.89. The first kappa shape index (κ1) is 13.9. The van der Waals surface area contributed by atoms with Gasteiger partial charge in [-0.15, -0.1) is 0 Å². The van der Waals surface area contributed by atoms with Crippen molar-refractivity contribution in [1.29, 1.82) is 0 Å². The molecule has 0 atom stereocenters. The topological polar surface area (TPSA) is 55.4 Å². The highest BCUT2D eigenvalue weighted by Crippen LogP contribution is 2.29. The van der Waals surface area contributed by atoms with Crippen molar-refractivity contribution < 1.29 is 8.83 Å². The molecular formula is C18H12ClNO3. The van der Waals surface area contributed by atoms with Gasteiger partial charge in [-0.3, -0.25) is 0 Å². The lowest BCUT2D eigenvalue weighted by Crippen LogP contribution is -1.98. The molecule has 0 saturated carbocycles. The number of hydrogen-bond acceptors (Lipinski definition) is 4. The molecule has 0 amide bonds. The second-order valence-electron chi connectivity index (χ2n) is 5.22. The molecule has 0 fully saturated rings. The molecule has 2 aromatic heterocycles. The normalized spacial score (nSPS) is 11.2. The van der Waals surface area contributed by atoms with Crippen molar-refractivity contribution in [3.8, 4) is 0 Å². The van der Waals surface area contributed by atoms with E-state index in [-0.39, 0.29) is 0 Å². The standard InChI is InChI=1S/C18H12ClNO3/c19-12-6-7-15-13(8-12)17-14(18(21)22-15)9-16(23-17)20-10-11-4-2-1-3-5-11/h1-9,20H,10H2. The van der Waals surface area contributed by atoms with E-state index in [1.165, 1.54) is 0 Å². The number of benzene rings is 2. The lowest BCUT2D eigenvalue weighted by Gasteiger charge is -2.02. The number of fused-ring (bicyclic) bond motifs is 3. The van der Waals surface area contributed by atoms with Crippen LogP contribution in [0.25, 0.3) is 21.9 Å². The highest BCUT2D eigenvalue weighted by atomic mass is 35.5. The molecule has 0 spiro atoms. The van der Waals surface area contributed by atoms with Gasteiger partial charge in [0.1, 0.15) is 11.0 Å². The molecule has 0 aliphatic rings. The van der Waals surface area contributed by atoms with Gasteiger partial charge in [-0.2, -0.15) is 0 Å². The Kier molecular flexibility index (Phi) is 3.32. The summed E-state index contributed by atoms with van der Waals surface area (Å²) in [6.45, 7) is 0.602. The van der Waals surface area contributed by atoms with E-state index in [0.29, 0.717) is 39.4 Å². The average molecular weight is 326 g/mol. The second kappa shape index (κ2) is 5.48. The maximum atomic E-state index is 12.1. The van der Waals surface area contributed by atoms with E-state index in [2.05, 4.69) is 5.32 Å². The zero-order chi connectivity index (χ0) is 15.8. The molecular weight excluding hydrogens is 314 g/mol. The highest BCUT2D eigenvalue weighted by Gasteiger charge is 2.13. The van der Waals surface area contributed by atoms with Crippen LogP contribution in [0.1, 0.15) is 5.56 Å². The minimum atomic E-state index is -0.425. The van der Waals surface area contributed by atoms with Gasteiger partial charge in [0.15, 0.2) is 11.5 Å². The zero-order valence-electron chi connectivity index (χ0n) is 12.0. The molecule has 0 aliphatic carbocycles. The summed E-state index contributed by atoms with van der Waals surface area (Å²) in [4.78, 5) is 12.1. The van der Waals surface area contributed by atoms with Gasteiger partial charge in [0.05, 0.1) is 5.39 Å². The summed E-state index contributed by atoms with van der Waals surface area (Å²) in [7, 11) is 0. The fourth-order valence-electron chi connectivity index (χ4n) is 2.54. The Bertz CT molecular complexity index is 1050.